The fourth-order valence-electron chi connectivity index (χ4n) is 2.71. The van der Waals surface area contributed by atoms with E-state index in [-0.39, 0.29) is 5.91 Å². The summed E-state index contributed by atoms with van der Waals surface area (Å²) in [5.41, 5.74) is 2.12. The SMILES string of the molecule is O=C1CCc2cc(OCC3CCNCC3)ccc2N1. The number of ether oxygens (including phenoxy) is 1. The Bertz CT molecular complexity index is 467. The zero-order valence-electron chi connectivity index (χ0n) is 11.1. The lowest BCUT2D eigenvalue weighted by Gasteiger charge is -2.23. The lowest BCUT2D eigenvalue weighted by molar-refractivity contribution is -0.116. The van der Waals surface area contributed by atoms with E-state index in [0.717, 1.165) is 37.6 Å². The minimum Gasteiger partial charge on any atom is -0.493 e. The highest BCUT2D eigenvalue weighted by Crippen LogP contribution is 2.27. The maximum absolute atomic E-state index is 11.3. The van der Waals surface area contributed by atoms with Crippen molar-refractivity contribution in [1.29, 1.82) is 0 Å². The predicted molar refractivity (Wildman–Crippen MR) is 74.5 cm³/mol. The van der Waals surface area contributed by atoms with Gasteiger partial charge in [0.05, 0.1) is 6.61 Å². The Morgan fingerprint density at radius 1 is 1.21 bits per heavy atom. The highest BCUT2D eigenvalue weighted by atomic mass is 16.5. The molecule has 4 nitrogen and oxygen atoms in total. The van der Waals surface area contributed by atoms with Gasteiger partial charge in [-0.05, 0) is 62.0 Å². The Morgan fingerprint density at radius 2 is 2.05 bits per heavy atom. The molecule has 102 valence electrons. The van der Waals surface area contributed by atoms with Crippen LogP contribution < -0.4 is 15.4 Å². The van der Waals surface area contributed by atoms with Gasteiger partial charge in [0.2, 0.25) is 5.91 Å². The van der Waals surface area contributed by atoms with Crippen LogP contribution in [0.2, 0.25) is 0 Å². The molecule has 0 aromatic heterocycles. The Kier molecular flexibility index (Phi) is 3.69. The van der Waals surface area contributed by atoms with Gasteiger partial charge in [-0.25, -0.2) is 0 Å². The number of rotatable bonds is 3. The van der Waals surface area contributed by atoms with Gasteiger partial charge in [0, 0.05) is 12.1 Å². The van der Waals surface area contributed by atoms with Crippen molar-refractivity contribution in [2.75, 3.05) is 25.0 Å². The van der Waals surface area contributed by atoms with E-state index in [9.17, 15) is 4.79 Å². The minimum absolute atomic E-state index is 0.107. The molecule has 1 amide bonds. The maximum Gasteiger partial charge on any atom is 0.224 e. The van der Waals surface area contributed by atoms with Crippen molar-refractivity contribution < 1.29 is 9.53 Å². The molecule has 0 bridgehead atoms. The molecule has 1 aromatic rings. The van der Waals surface area contributed by atoms with E-state index in [1.165, 1.54) is 18.4 Å². The van der Waals surface area contributed by atoms with Gasteiger partial charge < -0.3 is 15.4 Å². The standard InChI is InChI=1S/C15H20N2O2/c18-15-4-1-12-9-13(2-3-14(12)17-15)19-10-11-5-7-16-8-6-11/h2-3,9,11,16H,1,4-8,10H2,(H,17,18). The van der Waals surface area contributed by atoms with Crippen molar-refractivity contribution in [2.24, 2.45) is 5.92 Å². The second-order valence-electron chi connectivity index (χ2n) is 5.37. The van der Waals surface area contributed by atoms with Gasteiger partial charge in [-0.1, -0.05) is 0 Å². The molecule has 1 aromatic carbocycles. The lowest BCUT2D eigenvalue weighted by Crippen LogP contribution is -2.30. The first-order valence-corrected chi connectivity index (χ1v) is 7.07. The molecule has 0 radical (unpaired) electrons. The van der Waals surface area contributed by atoms with Gasteiger partial charge in [0.15, 0.2) is 0 Å². The van der Waals surface area contributed by atoms with Crippen LogP contribution in [0.4, 0.5) is 5.69 Å². The molecule has 0 spiro atoms. The second-order valence-corrected chi connectivity index (χ2v) is 5.37. The minimum atomic E-state index is 0.107. The zero-order valence-corrected chi connectivity index (χ0v) is 11.1. The molecule has 4 heteroatoms. The number of aryl methyl sites for hydroxylation is 1. The molecule has 0 aliphatic carbocycles. The van der Waals surface area contributed by atoms with Crippen LogP contribution in [0.1, 0.15) is 24.8 Å². The summed E-state index contributed by atoms with van der Waals surface area (Å²) in [6.45, 7) is 3.00. The monoisotopic (exact) mass is 260 g/mol. The maximum atomic E-state index is 11.3. The summed E-state index contributed by atoms with van der Waals surface area (Å²) < 4.78 is 5.90. The fourth-order valence-corrected chi connectivity index (χ4v) is 2.71. The Hall–Kier alpha value is -1.55. The van der Waals surface area contributed by atoms with Crippen molar-refractivity contribution in [3.63, 3.8) is 0 Å². The summed E-state index contributed by atoms with van der Waals surface area (Å²) >= 11 is 0. The van der Waals surface area contributed by atoms with Crippen LogP contribution in [0.15, 0.2) is 18.2 Å². The third-order valence-corrected chi connectivity index (χ3v) is 3.92. The van der Waals surface area contributed by atoms with E-state index >= 15 is 0 Å². The van der Waals surface area contributed by atoms with Crippen LogP contribution in [-0.2, 0) is 11.2 Å². The first-order chi connectivity index (χ1) is 9.31. The number of piperidine rings is 1. The quantitative estimate of drug-likeness (QED) is 0.873. The number of fused-ring (bicyclic) bond motifs is 1. The van der Waals surface area contributed by atoms with Crippen molar-refractivity contribution in [3.05, 3.63) is 23.8 Å². The van der Waals surface area contributed by atoms with Gasteiger partial charge in [-0.15, -0.1) is 0 Å². The lowest BCUT2D eigenvalue weighted by atomic mass is 9.99. The molecule has 2 aliphatic rings. The van der Waals surface area contributed by atoms with Crippen LogP contribution in [-0.4, -0.2) is 25.6 Å². The third kappa shape index (κ3) is 3.07. The van der Waals surface area contributed by atoms with Gasteiger partial charge in [-0.2, -0.15) is 0 Å². The molecular formula is C15H20N2O2. The summed E-state index contributed by atoms with van der Waals surface area (Å²) in [5.74, 6) is 1.70. The van der Waals surface area contributed by atoms with Gasteiger partial charge in [0.25, 0.3) is 0 Å². The van der Waals surface area contributed by atoms with Crippen molar-refractivity contribution in [1.82, 2.24) is 5.32 Å². The number of hydrogen-bond donors (Lipinski definition) is 2. The zero-order chi connectivity index (χ0) is 13.1. The fraction of sp³-hybridized carbons (Fsp3) is 0.533. The molecule has 1 fully saturated rings. The number of carbonyl (C=O) groups excluding carboxylic acids is 1. The molecule has 2 aliphatic heterocycles. The first-order valence-electron chi connectivity index (χ1n) is 7.07. The largest absolute Gasteiger partial charge is 0.493 e. The van der Waals surface area contributed by atoms with E-state index in [0.29, 0.717) is 12.3 Å². The van der Waals surface area contributed by atoms with Gasteiger partial charge in [-0.3, -0.25) is 4.79 Å². The Labute approximate surface area is 113 Å². The summed E-state index contributed by atoms with van der Waals surface area (Å²) in [5, 5.41) is 6.25. The topological polar surface area (TPSA) is 50.4 Å². The molecule has 2 heterocycles. The number of benzene rings is 1. The van der Waals surface area contributed by atoms with Crippen molar-refractivity contribution in [3.8, 4) is 5.75 Å². The van der Waals surface area contributed by atoms with Crippen LogP contribution in [0, 0.1) is 5.92 Å². The number of amides is 1. The average Bonchev–Trinajstić information content (AvgIpc) is 2.46. The van der Waals surface area contributed by atoms with Crippen LogP contribution in [0.5, 0.6) is 5.75 Å². The normalized spacial score (nSPS) is 19.7. The Morgan fingerprint density at radius 3 is 2.89 bits per heavy atom. The van der Waals surface area contributed by atoms with Gasteiger partial charge in [0.1, 0.15) is 5.75 Å². The smallest absolute Gasteiger partial charge is 0.224 e. The van der Waals surface area contributed by atoms with Crippen molar-refractivity contribution >= 4 is 11.6 Å². The van der Waals surface area contributed by atoms with E-state index in [4.69, 9.17) is 4.74 Å². The molecule has 2 N–H and O–H groups in total. The molecule has 0 atom stereocenters. The van der Waals surface area contributed by atoms with Gasteiger partial charge >= 0.3 is 0 Å². The Balaban J connectivity index is 1.60. The van der Waals surface area contributed by atoms with E-state index < -0.39 is 0 Å². The van der Waals surface area contributed by atoms with Crippen molar-refractivity contribution in [2.45, 2.75) is 25.7 Å². The molecule has 3 rings (SSSR count). The number of hydrogen-bond acceptors (Lipinski definition) is 3. The molecule has 1 saturated heterocycles. The molecule has 0 saturated carbocycles. The summed E-state index contributed by atoms with van der Waals surface area (Å²) in [6.07, 6.45) is 3.78. The third-order valence-electron chi connectivity index (χ3n) is 3.92. The molecular weight excluding hydrogens is 240 g/mol. The number of anilines is 1. The molecule has 19 heavy (non-hydrogen) atoms. The van der Waals surface area contributed by atoms with Crippen LogP contribution in [0.3, 0.4) is 0 Å². The molecule has 0 unspecified atom stereocenters. The summed E-state index contributed by atoms with van der Waals surface area (Å²) in [4.78, 5) is 11.3. The first kappa shape index (κ1) is 12.5. The van der Waals surface area contributed by atoms with Crippen LogP contribution >= 0.6 is 0 Å². The summed E-state index contributed by atoms with van der Waals surface area (Å²) in [6, 6.07) is 5.96. The van der Waals surface area contributed by atoms with E-state index in [1.54, 1.807) is 0 Å². The highest BCUT2D eigenvalue weighted by Gasteiger charge is 2.16. The second kappa shape index (κ2) is 5.61. The average molecular weight is 260 g/mol. The van der Waals surface area contributed by atoms with Crippen LogP contribution in [0.25, 0.3) is 0 Å². The highest BCUT2D eigenvalue weighted by molar-refractivity contribution is 5.93. The van der Waals surface area contributed by atoms with E-state index in [2.05, 4.69) is 16.7 Å². The number of carbonyl (C=O) groups is 1. The predicted octanol–water partition coefficient (Wildman–Crippen LogP) is 1.95. The number of nitrogens with one attached hydrogen (secondary N) is 2. The van der Waals surface area contributed by atoms with E-state index in [1.807, 2.05) is 12.1 Å². The summed E-state index contributed by atoms with van der Waals surface area (Å²) in [7, 11) is 0.